The molecule has 0 aliphatic rings. The summed E-state index contributed by atoms with van der Waals surface area (Å²) in [6.07, 6.45) is 1.16. The minimum absolute atomic E-state index is 0.571. The van der Waals surface area contributed by atoms with Crippen LogP contribution in [-0.2, 0) is 6.54 Å². The Bertz CT molecular complexity index is 273. The number of ether oxygens (including phenoxy) is 1. The van der Waals surface area contributed by atoms with Crippen LogP contribution in [0.2, 0.25) is 0 Å². The predicted octanol–water partition coefficient (Wildman–Crippen LogP) is 2.58. The Morgan fingerprint density at radius 2 is 2.21 bits per heavy atom. The standard InChI is InChI=1S/C12H19NO/c1-4-10(2)13-9-11-6-5-7-12(8-11)14-3/h5-8,10,13H,4,9H2,1-3H3. The van der Waals surface area contributed by atoms with E-state index in [0.717, 1.165) is 18.7 Å². The normalized spacial score (nSPS) is 12.5. The van der Waals surface area contributed by atoms with Crippen LogP contribution < -0.4 is 10.1 Å². The van der Waals surface area contributed by atoms with E-state index in [4.69, 9.17) is 4.74 Å². The summed E-state index contributed by atoms with van der Waals surface area (Å²) >= 11 is 0. The first-order valence-electron chi connectivity index (χ1n) is 5.12. The molecule has 1 rings (SSSR count). The van der Waals surface area contributed by atoms with E-state index >= 15 is 0 Å². The fraction of sp³-hybridized carbons (Fsp3) is 0.500. The highest BCUT2D eigenvalue weighted by Gasteiger charge is 1.99. The van der Waals surface area contributed by atoms with Crippen molar-refractivity contribution in [2.24, 2.45) is 0 Å². The van der Waals surface area contributed by atoms with Gasteiger partial charge in [-0.2, -0.15) is 0 Å². The van der Waals surface area contributed by atoms with Gasteiger partial charge in [0.05, 0.1) is 7.11 Å². The quantitative estimate of drug-likeness (QED) is 0.776. The maximum absolute atomic E-state index is 5.16. The van der Waals surface area contributed by atoms with Crippen LogP contribution in [0.3, 0.4) is 0 Å². The summed E-state index contributed by atoms with van der Waals surface area (Å²) in [4.78, 5) is 0. The molecule has 0 saturated carbocycles. The molecule has 1 N–H and O–H groups in total. The van der Waals surface area contributed by atoms with E-state index in [1.54, 1.807) is 7.11 Å². The number of rotatable bonds is 5. The molecule has 0 aromatic heterocycles. The van der Waals surface area contributed by atoms with Gasteiger partial charge in [0.25, 0.3) is 0 Å². The summed E-state index contributed by atoms with van der Waals surface area (Å²) in [6.45, 7) is 5.29. The minimum Gasteiger partial charge on any atom is -0.497 e. The molecule has 1 aromatic carbocycles. The smallest absolute Gasteiger partial charge is 0.119 e. The van der Waals surface area contributed by atoms with Gasteiger partial charge in [0.2, 0.25) is 0 Å². The van der Waals surface area contributed by atoms with Crippen molar-refractivity contribution in [3.63, 3.8) is 0 Å². The minimum atomic E-state index is 0.571. The van der Waals surface area contributed by atoms with Gasteiger partial charge in [-0.3, -0.25) is 0 Å². The third-order valence-electron chi connectivity index (χ3n) is 2.40. The van der Waals surface area contributed by atoms with Gasteiger partial charge in [0.15, 0.2) is 0 Å². The molecule has 0 bridgehead atoms. The number of benzene rings is 1. The Morgan fingerprint density at radius 3 is 2.86 bits per heavy atom. The van der Waals surface area contributed by atoms with Crippen molar-refractivity contribution in [1.82, 2.24) is 5.32 Å². The zero-order valence-corrected chi connectivity index (χ0v) is 9.21. The highest BCUT2D eigenvalue weighted by molar-refractivity contribution is 5.28. The van der Waals surface area contributed by atoms with E-state index in [2.05, 4.69) is 31.3 Å². The van der Waals surface area contributed by atoms with Crippen LogP contribution in [0.15, 0.2) is 24.3 Å². The average Bonchev–Trinajstić information content (AvgIpc) is 2.26. The first-order valence-corrected chi connectivity index (χ1v) is 5.12. The third kappa shape index (κ3) is 3.38. The lowest BCUT2D eigenvalue weighted by Crippen LogP contribution is -2.24. The van der Waals surface area contributed by atoms with E-state index < -0.39 is 0 Å². The molecule has 1 unspecified atom stereocenters. The van der Waals surface area contributed by atoms with Crippen molar-refractivity contribution in [2.45, 2.75) is 32.9 Å². The zero-order chi connectivity index (χ0) is 10.4. The molecule has 0 aliphatic carbocycles. The van der Waals surface area contributed by atoms with Gasteiger partial charge >= 0.3 is 0 Å². The van der Waals surface area contributed by atoms with Gasteiger partial charge in [-0.05, 0) is 31.0 Å². The Hall–Kier alpha value is -1.02. The van der Waals surface area contributed by atoms with Crippen LogP contribution in [0.25, 0.3) is 0 Å². The van der Waals surface area contributed by atoms with E-state index in [1.165, 1.54) is 5.56 Å². The second-order valence-corrected chi connectivity index (χ2v) is 3.54. The monoisotopic (exact) mass is 193 g/mol. The highest BCUT2D eigenvalue weighted by Crippen LogP contribution is 2.12. The summed E-state index contributed by atoms with van der Waals surface area (Å²) in [7, 11) is 1.70. The first kappa shape index (κ1) is 11.1. The summed E-state index contributed by atoms with van der Waals surface area (Å²) in [5.41, 5.74) is 1.27. The van der Waals surface area contributed by atoms with E-state index in [0.29, 0.717) is 6.04 Å². The Balaban J connectivity index is 2.50. The van der Waals surface area contributed by atoms with Gasteiger partial charge in [0.1, 0.15) is 5.75 Å². The van der Waals surface area contributed by atoms with Crippen LogP contribution in [0.4, 0.5) is 0 Å². The second-order valence-electron chi connectivity index (χ2n) is 3.54. The van der Waals surface area contributed by atoms with E-state index in [1.807, 2.05) is 12.1 Å². The SMILES string of the molecule is CCC(C)NCc1cccc(OC)c1. The maximum Gasteiger partial charge on any atom is 0.119 e. The van der Waals surface area contributed by atoms with Crippen LogP contribution in [0.1, 0.15) is 25.8 Å². The predicted molar refractivity (Wildman–Crippen MR) is 59.6 cm³/mol. The summed E-state index contributed by atoms with van der Waals surface area (Å²) in [5.74, 6) is 0.924. The van der Waals surface area contributed by atoms with Crippen molar-refractivity contribution in [1.29, 1.82) is 0 Å². The number of hydrogen-bond acceptors (Lipinski definition) is 2. The number of methoxy groups -OCH3 is 1. The molecule has 0 amide bonds. The van der Waals surface area contributed by atoms with Gasteiger partial charge < -0.3 is 10.1 Å². The molecule has 2 nitrogen and oxygen atoms in total. The van der Waals surface area contributed by atoms with Gasteiger partial charge in [-0.25, -0.2) is 0 Å². The van der Waals surface area contributed by atoms with Crippen molar-refractivity contribution in [3.05, 3.63) is 29.8 Å². The molecule has 0 aliphatic heterocycles. The Morgan fingerprint density at radius 1 is 1.43 bits per heavy atom. The molecule has 1 atom stereocenters. The topological polar surface area (TPSA) is 21.3 Å². The zero-order valence-electron chi connectivity index (χ0n) is 9.21. The molecule has 0 heterocycles. The first-order chi connectivity index (χ1) is 6.76. The van der Waals surface area contributed by atoms with E-state index in [9.17, 15) is 0 Å². The lowest BCUT2D eigenvalue weighted by Gasteiger charge is -2.11. The third-order valence-corrected chi connectivity index (χ3v) is 2.40. The van der Waals surface area contributed by atoms with Crippen LogP contribution >= 0.6 is 0 Å². The fourth-order valence-electron chi connectivity index (χ4n) is 1.22. The molecule has 0 radical (unpaired) electrons. The van der Waals surface area contributed by atoms with Crippen molar-refractivity contribution in [2.75, 3.05) is 7.11 Å². The van der Waals surface area contributed by atoms with Gasteiger partial charge in [-0.1, -0.05) is 19.1 Å². The summed E-state index contributed by atoms with van der Waals surface area (Å²) in [5, 5.41) is 3.44. The Labute approximate surface area is 86.3 Å². The van der Waals surface area contributed by atoms with Crippen molar-refractivity contribution >= 4 is 0 Å². The number of nitrogens with one attached hydrogen (secondary N) is 1. The molecule has 0 spiro atoms. The highest BCUT2D eigenvalue weighted by atomic mass is 16.5. The summed E-state index contributed by atoms with van der Waals surface area (Å²) < 4.78 is 5.16. The van der Waals surface area contributed by atoms with Crippen LogP contribution in [0.5, 0.6) is 5.75 Å². The maximum atomic E-state index is 5.16. The van der Waals surface area contributed by atoms with Crippen molar-refractivity contribution < 1.29 is 4.74 Å². The number of hydrogen-bond donors (Lipinski definition) is 1. The fourth-order valence-corrected chi connectivity index (χ4v) is 1.22. The van der Waals surface area contributed by atoms with Crippen LogP contribution in [-0.4, -0.2) is 13.2 Å². The average molecular weight is 193 g/mol. The largest absolute Gasteiger partial charge is 0.497 e. The molecule has 2 heteroatoms. The second kappa shape index (κ2) is 5.66. The molecule has 0 saturated heterocycles. The van der Waals surface area contributed by atoms with E-state index in [-0.39, 0.29) is 0 Å². The van der Waals surface area contributed by atoms with Gasteiger partial charge in [-0.15, -0.1) is 0 Å². The molecule has 14 heavy (non-hydrogen) atoms. The summed E-state index contributed by atoms with van der Waals surface area (Å²) in [6, 6.07) is 8.73. The molecule has 1 aromatic rings. The molecular weight excluding hydrogens is 174 g/mol. The molecule has 0 fully saturated rings. The van der Waals surface area contributed by atoms with Crippen LogP contribution in [0, 0.1) is 0 Å². The lowest BCUT2D eigenvalue weighted by molar-refractivity contribution is 0.413. The molecular formula is C12H19NO. The molecule has 78 valence electrons. The van der Waals surface area contributed by atoms with Gasteiger partial charge in [0, 0.05) is 12.6 Å². The Kier molecular flexibility index (Phi) is 4.47. The lowest BCUT2D eigenvalue weighted by atomic mass is 10.2. The van der Waals surface area contributed by atoms with Crippen molar-refractivity contribution in [3.8, 4) is 5.75 Å².